The average molecular weight is 481 g/mol. The number of hydrogen-bond donors (Lipinski definition) is 3. The number of nitrogens with one attached hydrogen (secondary N) is 3. The quantitative estimate of drug-likeness (QED) is 0.287. The third-order valence-corrected chi connectivity index (χ3v) is 6.93. The Kier molecular flexibility index (Phi) is 6.70. The molecule has 6 nitrogen and oxygen atoms in total. The smallest absolute Gasteiger partial charge is 0.116 e. The van der Waals surface area contributed by atoms with Gasteiger partial charge in [-0.15, -0.1) is 0 Å². The molecule has 4 aromatic rings. The zero-order valence-electron chi connectivity index (χ0n) is 21.7. The molecule has 0 atom stereocenters. The first-order valence-electron chi connectivity index (χ1n) is 12.8. The first-order chi connectivity index (χ1) is 17.5. The van der Waals surface area contributed by atoms with Gasteiger partial charge in [-0.05, 0) is 81.4 Å². The second-order valence-electron chi connectivity index (χ2n) is 9.89. The van der Waals surface area contributed by atoms with Crippen LogP contribution in [0, 0.1) is 0 Å². The summed E-state index contributed by atoms with van der Waals surface area (Å²) in [6, 6.07) is 15.6. The molecule has 2 aromatic heterocycles. The second-order valence-corrected chi connectivity index (χ2v) is 9.89. The minimum absolute atomic E-state index is 0.341. The van der Waals surface area contributed by atoms with Gasteiger partial charge >= 0.3 is 0 Å². The predicted octanol–water partition coefficient (Wildman–Crippen LogP) is 5.93. The van der Waals surface area contributed by atoms with Crippen LogP contribution in [0.3, 0.4) is 0 Å². The van der Waals surface area contributed by atoms with Crippen LogP contribution in [0.4, 0.5) is 5.69 Å². The number of benzene rings is 2. The van der Waals surface area contributed by atoms with E-state index in [1.807, 2.05) is 6.08 Å². The van der Waals surface area contributed by atoms with Gasteiger partial charge in [0.2, 0.25) is 0 Å². The highest BCUT2D eigenvalue weighted by Gasteiger charge is 2.19. The van der Waals surface area contributed by atoms with Gasteiger partial charge in [-0.3, -0.25) is 5.10 Å². The number of fused-ring (bicyclic) bond motifs is 2. The highest BCUT2D eigenvalue weighted by Crippen LogP contribution is 2.34. The van der Waals surface area contributed by atoms with Crippen LogP contribution < -0.4 is 10.2 Å². The molecule has 0 unspecified atom stereocenters. The van der Waals surface area contributed by atoms with Gasteiger partial charge in [0.15, 0.2) is 0 Å². The number of anilines is 1. The summed E-state index contributed by atoms with van der Waals surface area (Å²) in [6.45, 7) is 14.6. The van der Waals surface area contributed by atoms with Crippen molar-refractivity contribution >= 4 is 33.1 Å². The second kappa shape index (κ2) is 10.1. The van der Waals surface area contributed by atoms with Crippen LogP contribution in [0.1, 0.15) is 26.3 Å². The fraction of sp³-hybridized carbons (Fsp3) is 0.300. The molecule has 1 saturated heterocycles. The maximum Gasteiger partial charge on any atom is 0.116 e. The fourth-order valence-electron chi connectivity index (χ4n) is 4.98. The number of aromatic nitrogens is 3. The van der Waals surface area contributed by atoms with E-state index in [0.29, 0.717) is 6.04 Å². The minimum Gasteiger partial charge on any atom is -0.383 e. The van der Waals surface area contributed by atoms with Crippen molar-refractivity contribution in [3.05, 3.63) is 78.5 Å². The summed E-state index contributed by atoms with van der Waals surface area (Å²) in [5.74, 6) is 0. The molecule has 0 amide bonds. The standard InChI is InChI=1S/C30H36N6/c1-6-21(17-23(7-2)31-20(3)4)22-11-12-27-25(18-22)30(34-33-27)28-19-24-26(32-28)9-8-10-29(24)36-15-13-35(5)14-16-36/h6-12,17-20,31-32H,2,13-16H2,1,3-5H3,(H,33,34)/b21-6+,23-17+. The Balaban J connectivity index is 1.53. The molecule has 186 valence electrons. The summed E-state index contributed by atoms with van der Waals surface area (Å²) < 4.78 is 0. The van der Waals surface area contributed by atoms with Crippen molar-refractivity contribution in [3.8, 4) is 11.4 Å². The highest BCUT2D eigenvalue weighted by molar-refractivity contribution is 6.00. The van der Waals surface area contributed by atoms with Crippen LogP contribution in [0.5, 0.6) is 0 Å². The first kappa shape index (κ1) is 23.9. The lowest BCUT2D eigenvalue weighted by Gasteiger charge is -2.34. The molecule has 1 aliphatic heterocycles. The van der Waals surface area contributed by atoms with E-state index >= 15 is 0 Å². The molecule has 6 heteroatoms. The van der Waals surface area contributed by atoms with Crippen LogP contribution >= 0.6 is 0 Å². The molecular formula is C30H36N6. The van der Waals surface area contributed by atoms with Crippen molar-refractivity contribution in [2.75, 3.05) is 38.1 Å². The molecule has 2 aromatic carbocycles. The number of H-pyrrole nitrogens is 2. The molecule has 36 heavy (non-hydrogen) atoms. The van der Waals surface area contributed by atoms with E-state index in [2.05, 4.69) is 114 Å². The van der Waals surface area contributed by atoms with E-state index < -0.39 is 0 Å². The largest absolute Gasteiger partial charge is 0.383 e. The van der Waals surface area contributed by atoms with E-state index in [4.69, 9.17) is 5.10 Å². The maximum absolute atomic E-state index is 4.72. The lowest BCUT2D eigenvalue weighted by molar-refractivity contribution is 0.313. The third kappa shape index (κ3) is 4.69. The minimum atomic E-state index is 0.341. The van der Waals surface area contributed by atoms with E-state index in [9.17, 15) is 0 Å². The van der Waals surface area contributed by atoms with Gasteiger partial charge in [0, 0.05) is 59.9 Å². The van der Waals surface area contributed by atoms with Crippen molar-refractivity contribution in [2.45, 2.75) is 26.8 Å². The van der Waals surface area contributed by atoms with Crippen LogP contribution in [-0.4, -0.2) is 59.3 Å². The molecule has 0 bridgehead atoms. The topological polar surface area (TPSA) is 63.0 Å². The lowest BCUT2D eigenvalue weighted by atomic mass is 10.0. The third-order valence-electron chi connectivity index (χ3n) is 6.93. The predicted molar refractivity (Wildman–Crippen MR) is 153 cm³/mol. The van der Waals surface area contributed by atoms with E-state index in [0.717, 1.165) is 70.8 Å². The van der Waals surface area contributed by atoms with E-state index in [1.54, 1.807) is 0 Å². The summed E-state index contributed by atoms with van der Waals surface area (Å²) in [4.78, 5) is 8.52. The fourth-order valence-corrected chi connectivity index (χ4v) is 4.98. The van der Waals surface area contributed by atoms with Crippen molar-refractivity contribution in [1.82, 2.24) is 25.4 Å². The van der Waals surface area contributed by atoms with Crippen molar-refractivity contribution in [2.24, 2.45) is 0 Å². The van der Waals surface area contributed by atoms with Crippen LogP contribution in [0.25, 0.3) is 38.8 Å². The number of nitrogens with zero attached hydrogens (tertiary/aromatic N) is 3. The van der Waals surface area contributed by atoms with Crippen LogP contribution in [-0.2, 0) is 0 Å². The maximum atomic E-state index is 4.72. The zero-order chi connectivity index (χ0) is 25.2. The van der Waals surface area contributed by atoms with Gasteiger partial charge in [0.25, 0.3) is 0 Å². The highest BCUT2D eigenvalue weighted by atomic mass is 15.2. The van der Waals surface area contributed by atoms with Gasteiger partial charge in [-0.25, -0.2) is 0 Å². The Morgan fingerprint density at radius 3 is 2.58 bits per heavy atom. The summed E-state index contributed by atoms with van der Waals surface area (Å²) in [7, 11) is 2.19. The molecule has 3 heterocycles. The van der Waals surface area contributed by atoms with Crippen LogP contribution in [0.2, 0.25) is 0 Å². The molecule has 1 aliphatic rings. The zero-order valence-corrected chi connectivity index (χ0v) is 21.7. The Morgan fingerprint density at radius 1 is 1.06 bits per heavy atom. The van der Waals surface area contributed by atoms with E-state index in [1.165, 1.54) is 11.1 Å². The summed E-state index contributed by atoms with van der Waals surface area (Å²) in [5, 5.41) is 13.7. The molecular weight excluding hydrogens is 444 g/mol. The lowest BCUT2D eigenvalue weighted by Crippen LogP contribution is -2.44. The molecule has 1 fully saturated rings. The molecule has 0 saturated carbocycles. The van der Waals surface area contributed by atoms with E-state index in [-0.39, 0.29) is 0 Å². The van der Waals surface area contributed by atoms with Crippen LogP contribution in [0.15, 0.2) is 73.0 Å². The SMILES string of the molecule is C=C/C(=C\C(=C/C)c1ccc2[nH]nc(-c3cc4c(N5CCN(C)CC5)cccc4[nH]3)c2c1)NC(C)C. The Bertz CT molecular complexity index is 1440. The molecule has 0 radical (unpaired) electrons. The number of aromatic amines is 2. The first-order valence-corrected chi connectivity index (χ1v) is 12.8. The number of likely N-dealkylation sites (N-methyl/N-ethyl adjacent to an activating group) is 1. The summed E-state index contributed by atoms with van der Waals surface area (Å²) in [5.41, 5.74) is 8.72. The molecule has 0 spiro atoms. The number of allylic oxidation sites excluding steroid dienone is 4. The monoisotopic (exact) mass is 480 g/mol. The summed E-state index contributed by atoms with van der Waals surface area (Å²) >= 11 is 0. The average Bonchev–Trinajstić information content (AvgIpc) is 3.50. The molecule has 5 rings (SSSR count). The molecule has 0 aliphatic carbocycles. The van der Waals surface area contributed by atoms with Crippen molar-refractivity contribution in [1.29, 1.82) is 0 Å². The van der Waals surface area contributed by atoms with Crippen molar-refractivity contribution in [3.63, 3.8) is 0 Å². The number of rotatable bonds is 7. The summed E-state index contributed by atoms with van der Waals surface area (Å²) in [6.07, 6.45) is 6.16. The Hall–Kier alpha value is -3.77. The Labute approximate surface area is 213 Å². The van der Waals surface area contributed by atoms with Gasteiger partial charge in [0.05, 0.1) is 11.2 Å². The number of piperazine rings is 1. The normalized spacial score (nSPS) is 15.9. The van der Waals surface area contributed by atoms with Crippen molar-refractivity contribution < 1.29 is 0 Å². The van der Waals surface area contributed by atoms with Gasteiger partial charge < -0.3 is 20.1 Å². The Morgan fingerprint density at radius 2 is 1.86 bits per heavy atom. The van der Waals surface area contributed by atoms with Gasteiger partial charge in [-0.1, -0.05) is 24.8 Å². The van der Waals surface area contributed by atoms with Gasteiger partial charge in [0.1, 0.15) is 5.69 Å². The molecule has 3 N–H and O–H groups in total. The number of hydrogen-bond acceptors (Lipinski definition) is 4. The van der Waals surface area contributed by atoms with Gasteiger partial charge in [-0.2, -0.15) is 5.10 Å².